The number of hydrogen-bond acceptors (Lipinski definition) is 3. The average Bonchev–Trinajstić information content (AvgIpc) is 2.71. The van der Waals surface area contributed by atoms with Crippen molar-refractivity contribution in [2.24, 2.45) is 0 Å². The van der Waals surface area contributed by atoms with Crippen molar-refractivity contribution in [2.75, 3.05) is 7.05 Å². The van der Waals surface area contributed by atoms with Gasteiger partial charge in [-0.15, -0.1) is 0 Å². The Balaban J connectivity index is 2.31. The molecule has 0 fully saturated rings. The van der Waals surface area contributed by atoms with Crippen molar-refractivity contribution in [1.29, 1.82) is 0 Å². The number of rotatable bonds is 3. The van der Waals surface area contributed by atoms with Gasteiger partial charge >= 0.3 is 0 Å². The standard InChI is InChI=1S/C13H16N2O/c1-9-4-5-11(6-10(9)2)12-7-15-13(16-12)8-14-3/h4-7,14H,8H2,1-3H3. The van der Waals surface area contributed by atoms with E-state index in [0.717, 1.165) is 17.2 Å². The van der Waals surface area contributed by atoms with Gasteiger partial charge in [0.15, 0.2) is 5.76 Å². The lowest BCUT2D eigenvalue weighted by molar-refractivity contribution is 0.491. The van der Waals surface area contributed by atoms with E-state index in [-0.39, 0.29) is 0 Å². The largest absolute Gasteiger partial charge is 0.439 e. The number of nitrogens with zero attached hydrogens (tertiary/aromatic N) is 1. The Labute approximate surface area is 95.5 Å². The minimum absolute atomic E-state index is 0.658. The molecule has 1 N–H and O–H groups in total. The zero-order chi connectivity index (χ0) is 11.5. The maximum absolute atomic E-state index is 5.63. The molecule has 0 amide bonds. The van der Waals surface area contributed by atoms with Gasteiger partial charge in [0.25, 0.3) is 0 Å². The first kappa shape index (κ1) is 10.9. The van der Waals surface area contributed by atoms with E-state index in [9.17, 15) is 0 Å². The summed E-state index contributed by atoms with van der Waals surface area (Å²) < 4.78 is 5.63. The van der Waals surface area contributed by atoms with Gasteiger partial charge in [-0.3, -0.25) is 0 Å². The highest BCUT2D eigenvalue weighted by Gasteiger charge is 2.06. The molecule has 16 heavy (non-hydrogen) atoms. The molecule has 0 radical (unpaired) electrons. The predicted octanol–water partition coefficient (Wildman–Crippen LogP) is 2.68. The second kappa shape index (κ2) is 4.49. The first-order chi connectivity index (χ1) is 7.70. The second-order valence-electron chi connectivity index (χ2n) is 3.95. The molecule has 2 aromatic rings. The zero-order valence-corrected chi connectivity index (χ0v) is 9.87. The SMILES string of the molecule is CNCc1ncc(-c2ccc(C)c(C)c2)o1. The Morgan fingerprint density at radius 2 is 2.06 bits per heavy atom. The van der Waals surface area contributed by atoms with Crippen LogP contribution < -0.4 is 5.32 Å². The highest BCUT2D eigenvalue weighted by molar-refractivity contribution is 5.58. The fourth-order valence-corrected chi connectivity index (χ4v) is 1.57. The van der Waals surface area contributed by atoms with Crippen molar-refractivity contribution in [2.45, 2.75) is 20.4 Å². The van der Waals surface area contributed by atoms with Crippen molar-refractivity contribution in [3.63, 3.8) is 0 Å². The molecule has 84 valence electrons. The van der Waals surface area contributed by atoms with Crippen LogP contribution in [0.25, 0.3) is 11.3 Å². The quantitative estimate of drug-likeness (QED) is 0.857. The summed E-state index contributed by atoms with van der Waals surface area (Å²) in [6, 6.07) is 6.29. The third-order valence-corrected chi connectivity index (χ3v) is 2.67. The minimum atomic E-state index is 0.658. The monoisotopic (exact) mass is 216 g/mol. The fourth-order valence-electron chi connectivity index (χ4n) is 1.57. The minimum Gasteiger partial charge on any atom is -0.439 e. The Bertz CT molecular complexity index is 488. The van der Waals surface area contributed by atoms with E-state index in [1.807, 2.05) is 7.05 Å². The third kappa shape index (κ3) is 2.14. The summed E-state index contributed by atoms with van der Waals surface area (Å²) in [5.41, 5.74) is 3.64. The molecular weight excluding hydrogens is 200 g/mol. The lowest BCUT2D eigenvalue weighted by Crippen LogP contribution is -2.04. The van der Waals surface area contributed by atoms with Crippen LogP contribution in [0.4, 0.5) is 0 Å². The molecule has 2 rings (SSSR count). The predicted molar refractivity (Wildman–Crippen MR) is 64.2 cm³/mol. The average molecular weight is 216 g/mol. The molecule has 1 aromatic heterocycles. The first-order valence-corrected chi connectivity index (χ1v) is 5.37. The van der Waals surface area contributed by atoms with Crippen LogP contribution in [0.2, 0.25) is 0 Å². The molecule has 0 saturated carbocycles. The van der Waals surface area contributed by atoms with E-state index in [1.165, 1.54) is 11.1 Å². The number of oxazole rings is 1. The van der Waals surface area contributed by atoms with Crippen molar-refractivity contribution < 1.29 is 4.42 Å². The normalized spacial score (nSPS) is 10.7. The number of aryl methyl sites for hydroxylation is 2. The van der Waals surface area contributed by atoms with Crippen molar-refractivity contribution in [1.82, 2.24) is 10.3 Å². The van der Waals surface area contributed by atoms with Gasteiger partial charge in [-0.25, -0.2) is 4.98 Å². The number of hydrogen-bond donors (Lipinski definition) is 1. The highest BCUT2D eigenvalue weighted by Crippen LogP contribution is 2.22. The number of benzene rings is 1. The summed E-state index contributed by atoms with van der Waals surface area (Å²) in [5, 5.41) is 3.01. The molecule has 0 unspecified atom stereocenters. The smallest absolute Gasteiger partial charge is 0.208 e. The Morgan fingerprint density at radius 3 is 2.75 bits per heavy atom. The van der Waals surface area contributed by atoms with Gasteiger partial charge in [0.2, 0.25) is 5.89 Å². The van der Waals surface area contributed by atoms with Crippen LogP contribution in [0.1, 0.15) is 17.0 Å². The van der Waals surface area contributed by atoms with Gasteiger partial charge in [0.05, 0.1) is 12.7 Å². The Morgan fingerprint density at radius 1 is 1.25 bits per heavy atom. The maximum Gasteiger partial charge on any atom is 0.208 e. The van der Waals surface area contributed by atoms with E-state index in [0.29, 0.717) is 6.54 Å². The van der Waals surface area contributed by atoms with Crippen molar-refractivity contribution in [3.8, 4) is 11.3 Å². The molecular formula is C13H16N2O. The molecule has 0 saturated heterocycles. The van der Waals surface area contributed by atoms with Crippen LogP contribution in [0.3, 0.4) is 0 Å². The molecule has 3 heteroatoms. The summed E-state index contributed by atoms with van der Waals surface area (Å²) in [7, 11) is 1.87. The van der Waals surface area contributed by atoms with Gasteiger partial charge < -0.3 is 9.73 Å². The summed E-state index contributed by atoms with van der Waals surface area (Å²) in [6.45, 7) is 4.86. The Kier molecular flexibility index (Phi) is 3.06. The lowest BCUT2D eigenvalue weighted by atomic mass is 10.1. The molecule has 0 aliphatic heterocycles. The van der Waals surface area contributed by atoms with Gasteiger partial charge in [0.1, 0.15) is 0 Å². The third-order valence-electron chi connectivity index (χ3n) is 2.67. The molecule has 0 bridgehead atoms. The summed E-state index contributed by atoms with van der Waals surface area (Å²) in [6.07, 6.45) is 1.77. The van der Waals surface area contributed by atoms with Gasteiger partial charge in [-0.2, -0.15) is 0 Å². The van der Waals surface area contributed by atoms with Crippen LogP contribution in [0.15, 0.2) is 28.8 Å². The van der Waals surface area contributed by atoms with Gasteiger partial charge in [0, 0.05) is 5.56 Å². The van der Waals surface area contributed by atoms with Gasteiger partial charge in [-0.05, 0) is 38.1 Å². The van der Waals surface area contributed by atoms with Crippen molar-refractivity contribution in [3.05, 3.63) is 41.4 Å². The Hall–Kier alpha value is -1.61. The second-order valence-corrected chi connectivity index (χ2v) is 3.95. The van der Waals surface area contributed by atoms with Crippen LogP contribution in [-0.4, -0.2) is 12.0 Å². The van der Waals surface area contributed by atoms with E-state index in [1.54, 1.807) is 6.20 Å². The molecule has 0 atom stereocenters. The molecule has 0 aliphatic rings. The molecule has 1 heterocycles. The molecule has 3 nitrogen and oxygen atoms in total. The van der Waals surface area contributed by atoms with E-state index in [4.69, 9.17) is 4.42 Å². The highest BCUT2D eigenvalue weighted by atomic mass is 16.4. The summed E-state index contributed by atoms with van der Waals surface area (Å²) in [5.74, 6) is 1.55. The summed E-state index contributed by atoms with van der Waals surface area (Å²) >= 11 is 0. The number of nitrogens with one attached hydrogen (secondary N) is 1. The van der Waals surface area contributed by atoms with E-state index >= 15 is 0 Å². The summed E-state index contributed by atoms with van der Waals surface area (Å²) in [4.78, 5) is 4.21. The van der Waals surface area contributed by atoms with Crippen molar-refractivity contribution >= 4 is 0 Å². The molecule has 0 aliphatic carbocycles. The molecule has 0 spiro atoms. The molecule has 1 aromatic carbocycles. The van der Waals surface area contributed by atoms with E-state index in [2.05, 4.69) is 42.3 Å². The zero-order valence-electron chi connectivity index (χ0n) is 9.87. The topological polar surface area (TPSA) is 38.1 Å². The van der Waals surface area contributed by atoms with Crippen LogP contribution >= 0.6 is 0 Å². The van der Waals surface area contributed by atoms with Crippen LogP contribution in [0, 0.1) is 13.8 Å². The fraction of sp³-hybridized carbons (Fsp3) is 0.308. The van der Waals surface area contributed by atoms with E-state index < -0.39 is 0 Å². The number of aromatic nitrogens is 1. The first-order valence-electron chi connectivity index (χ1n) is 5.37. The van der Waals surface area contributed by atoms with Crippen LogP contribution in [0.5, 0.6) is 0 Å². The maximum atomic E-state index is 5.63. The van der Waals surface area contributed by atoms with Crippen LogP contribution in [-0.2, 0) is 6.54 Å². The van der Waals surface area contributed by atoms with Gasteiger partial charge in [-0.1, -0.05) is 12.1 Å². The lowest BCUT2D eigenvalue weighted by Gasteiger charge is -2.01.